The summed E-state index contributed by atoms with van der Waals surface area (Å²) >= 11 is -8.05. The fourth-order valence-electron chi connectivity index (χ4n) is 0. The van der Waals surface area contributed by atoms with Crippen LogP contribution in [0.15, 0.2) is 0 Å². The van der Waals surface area contributed by atoms with Gasteiger partial charge >= 0.3 is 31.9 Å². The Bertz CT molecular complexity index is 278. The molecule has 7 heavy (non-hydrogen) atoms. The van der Waals surface area contributed by atoms with Crippen molar-refractivity contribution in [3.8, 4) is 0 Å². The standard InChI is InChI=1S/5O.Pt.Ta. The molecule has 0 aromatic heterocycles. The van der Waals surface area contributed by atoms with Gasteiger partial charge in [0, 0.05) is 21.1 Å². The smallest absolute Gasteiger partial charge is 0 e. The first-order valence-electron chi connectivity index (χ1n) is 0.913. The summed E-state index contributed by atoms with van der Waals surface area (Å²) in [5.41, 5.74) is 0. The van der Waals surface area contributed by atoms with Gasteiger partial charge in [-0.25, -0.2) is 0 Å². The molecule has 0 aliphatic heterocycles. The monoisotopic (exact) mass is 456 g/mol. The molecule has 5 nitrogen and oxygen atoms in total. The molecule has 0 radical (unpaired) electrons. The summed E-state index contributed by atoms with van der Waals surface area (Å²) in [6, 6.07) is 0. The Morgan fingerprint density at radius 2 is 0.714 bits per heavy atom. The summed E-state index contributed by atoms with van der Waals surface area (Å²) in [4.78, 5) is 0. The summed E-state index contributed by atoms with van der Waals surface area (Å²) in [5, 5.41) is 0. The molecule has 0 aliphatic carbocycles. The summed E-state index contributed by atoms with van der Waals surface area (Å²) in [6.07, 6.45) is 0. The predicted octanol–water partition coefficient (Wildman–Crippen LogP) is -0.599. The van der Waals surface area contributed by atoms with Gasteiger partial charge in [-0.3, -0.25) is 0 Å². The first kappa shape index (κ1) is 10.4. The van der Waals surface area contributed by atoms with Crippen LogP contribution in [0.5, 0.6) is 0 Å². The average Bonchev–Trinajstić information content (AvgIpc) is 0.650. The molecule has 0 N–H and O–H groups in total. The van der Waals surface area contributed by atoms with Gasteiger partial charge < -0.3 is 0 Å². The van der Waals surface area contributed by atoms with E-state index >= 15 is 0 Å². The fourth-order valence-corrected chi connectivity index (χ4v) is 0. The molecule has 0 aromatic carbocycles. The van der Waals surface area contributed by atoms with Gasteiger partial charge in [0.15, 0.2) is 0 Å². The average molecular weight is 456 g/mol. The summed E-state index contributed by atoms with van der Waals surface area (Å²) < 4.78 is 43.4. The van der Waals surface area contributed by atoms with Crippen molar-refractivity contribution in [3.05, 3.63) is 0 Å². The van der Waals surface area contributed by atoms with Crippen molar-refractivity contribution in [1.29, 1.82) is 0 Å². The fraction of sp³-hybridized carbons (Fsp3) is 0. The second-order valence-corrected chi connectivity index (χ2v) is 6.10. The molecule has 0 fully saturated rings. The van der Waals surface area contributed by atoms with Crippen molar-refractivity contribution in [2.45, 2.75) is 0 Å². The van der Waals surface area contributed by atoms with Crippen molar-refractivity contribution >= 4 is 0 Å². The van der Waals surface area contributed by atoms with Gasteiger partial charge in [0.25, 0.3) is 0 Å². The Morgan fingerprint density at radius 1 is 0.714 bits per heavy atom. The van der Waals surface area contributed by atoms with Crippen LogP contribution in [0, 0.1) is 0 Å². The quantitative estimate of drug-likeness (QED) is 0.487. The van der Waals surface area contributed by atoms with Crippen LogP contribution in [0.1, 0.15) is 0 Å². The van der Waals surface area contributed by atoms with E-state index in [2.05, 4.69) is 0 Å². The Balaban J connectivity index is 0. The third kappa shape index (κ3) is 686. The van der Waals surface area contributed by atoms with Crippen LogP contribution >= 0.6 is 0 Å². The van der Waals surface area contributed by atoms with E-state index in [1.165, 1.54) is 0 Å². The molecular formula is O5PtTa. The van der Waals surface area contributed by atoms with E-state index in [-0.39, 0.29) is 21.1 Å². The van der Waals surface area contributed by atoms with Crippen LogP contribution in [-0.4, -0.2) is 0 Å². The van der Waals surface area contributed by atoms with Crippen LogP contribution in [0.3, 0.4) is 0 Å². The van der Waals surface area contributed by atoms with Gasteiger partial charge in [0.05, 0.1) is 0 Å². The molecule has 0 heterocycles. The second kappa shape index (κ2) is 1.74. The third-order valence-electron chi connectivity index (χ3n) is 0. The van der Waals surface area contributed by atoms with E-state index in [1.54, 1.807) is 0 Å². The second-order valence-electron chi connectivity index (χ2n) is 0.745. The zero-order valence-electron chi connectivity index (χ0n) is 2.80. The SMILES string of the molecule is [O]=[Ta](=[O])(=[O])(=[O])=[O].[Pt]. The topological polar surface area (TPSA) is 85.3 Å². The maximum Gasteiger partial charge on any atom is 0 e. The first-order chi connectivity index (χ1) is 2.24. The van der Waals surface area contributed by atoms with Gasteiger partial charge in [-0.15, -0.1) is 0 Å². The largest absolute Gasteiger partial charge is 0 e. The third-order valence-corrected chi connectivity index (χ3v) is 0. The zero-order valence-corrected chi connectivity index (χ0v) is 8.29. The zero-order chi connectivity index (χ0) is 5.45. The Morgan fingerprint density at radius 3 is 0.714 bits per heavy atom. The van der Waals surface area contributed by atoms with E-state index in [4.69, 9.17) is 16.3 Å². The number of rotatable bonds is 0. The van der Waals surface area contributed by atoms with Crippen molar-refractivity contribution in [2.75, 3.05) is 0 Å². The van der Waals surface area contributed by atoms with E-state index in [0.29, 0.717) is 0 Å². The van der Waals surface area contributed by atoms with Crippen LogP contribution in [0.25, 0.3) is 0 Å². The molecule has 0 aliphatic rings. The van der Waals surface area contributed by atoms with Crippen LogP contribution in [0.2, 0.25) is 0 Å². The molecule has 0 spiro atoms. The molecule has 45 valence electrons. The molecule has 0 saturated heterocycles. The summed E-state index contributed by atoms with van der Waals surface area (Å²) in [6.45, 7) is 0. The number of hydrogen-bond acceptors (Lipinski definition) is 5. The molecule has 7 heteroatoms. The van der Waals surface area contributed by atoms with Crippen molar-refractivity contribution in [1.82, 2.24) is 0 Å². The number of hydrogen-bond donors (Lipinski definition) is 0. The minimum absolute atomic E-state index is 0. The van der Waals surface area contributed by atoms with Crippen LogP contribution in [0.4, 0.5) is 0 Å². The van der Waals surface area contributed by atoms with Crippen LogP contribution < -0.4 is 0 Å². The molecule has 0 bridgehead atoms. The molecule has 0 atom stereocenters. The Kier molecular flexibility index (Phi) is 2.59. The van der Waals surface area contributed by atoms with Gasteiger partial charge in [-0.1, -0.05) is 0 Å². The van der Waals surface area contributed by atoms with Crippen molar-refractivity contribution < 1.29 is 53.0 Å². The van der Waals surface area contributed by atoms with E-state index < -0.39 is 15.7 Å². The molecular weight excluding hydrogens is 456 g/mol. The summed E-state index contributed by atoms with van der Waals surface area (Å²) in [5.74, 6) is 0. The summed E-state index contributed by atoms with van der Waals surface area (Å²) in [7, 11) is 0. The van der Waals surface area contributed by atoms with Crippen molar-refractivity contribution in [3.63, 3.8) is 0 Å². The van der Waals surface area contributed by atoms with Gasteiger partial charge in [-0.2, -0.15) is 0 Å². The van der Waals surface area contributed by atoms with E-state index in [9.17, 15) is 0 Å². The first-order valence-corrected chi connectivity index (χ1v) is 7.47. The maximum atomic E-state index is 8.67. The maximum absolute atomic E-state index is 8.67. The minimum Gasteiger partial charge on any atom is 0 e. The normalized spacial score (nSPS) is 8.57. The van der Waals surface area contributed by atoms with Crippen LogP contribution in [-0.2, 0) is 53.0 Å². The van der Waals surface area contributed by atoms with E-state index in [0.717, 1.165) is 0 Å². The molecule has 0 unspecified atom stereocenters. The molecule has 0 aromatic rings. The van der Waals surface area contributed by atoms with Gasteiger partial charge in [0.2, 0.25) is 0 Å². The van der Waals surface area contributed by atoms with E-state index in [1.807, 2.05) is 0 Å². The molecule has 0 rings (SSSR count). The Hall–Kier alpha value is 0.429. The van der Waals surface area contributed by atoms with Gasteiger partial charge in [-0.05, 0) is 0 Å². The Labute approximate surface area is 53.0 Å². The molecule has 0 amide bonds. The minimum atomic E-state index is -8.05. The van der Waals surface area contributed by atoms with Crippen molar-refractivity contribution in [2.24, 2.45) is 0 Å². The molecule has 0 saturated carbocycles. The predicted molar refractivity (Wildman–Crippen MR) is 3.43 cm³/mol. The van der Waals surface area contributed by atoms with Gasteiger partial charge in [0.1, 0.15) is 0 Å².